The third-order valence-electron chi connectivity index (χ3n) is 3.98. The Balaban J connectivity index is 2.22. The molecule has 0 aliphatic carbocycles. The van der Waals surface area contributed by atoms with Crippen molar-refractivity contribution in [3.05, 3.63) is 83.2 Å². The van der Waals surface area contributed by atoms with Gasteiger partial charge in [-0.2, -0.15) is 0 Å². The second-order valence-electron chi connectivity index (χ2n) is 5.33. The number of benzene rings is 3. The fourth-order valence-electron chi connectivity index (χ4n) is 2.90. The fraction of sp³-hybridized carbons (Fsp3) is 0.105. The second-order valence-corrected chi connectivity index (χ2v) is 5.33. The quantitative estimate of drug-likeness (QED) is 0.751. The van der Waals surface area contributed by atoms with Crippen molar-refractivity contribution in [3.8, 4) is 0 Å². The maximum atomic E-state index is 13.9. The molecule has 0 aliphatic heterocycles. The monoisotopic (exact) mass is 294 g/mol. The van der Waals surface area contributed by atoms with Crippen molar-refractivity contribution in [2.24, 2.45) is 0 Å². The molecule has 0 saturated carbocycles. The maximum absolute atomic E-state index is 13.9. The Morgan fingerprint density at radius 2 is 1.68 bits per heavy atom. The number of fused-ring (bicyclic) bond motifs is 1. The summed E-state index contributed by atoms with van der Waals surface area (Å²) in [5.41, 5.74) is 1.73. The molecule has 0 unspecified atom stereocenters. The molecular formula is C19H15FO2. The normalized spacial score (nSPS) is 12.3. The highest BCUT2D eigenvalue weighted by molar-refractivity contribution is 5.91. The predicted molar refractivity (Wildman–Crippen MR) is 84.8 cm³/mol. The first-order chi connectivity index (χ1) is 10.6. The van der Waals surface area contributed by atoms with Gasteiger partial charge in [-0.1, -0.05) is 49.4 Å². The van der Waals surface area contributed by atoms with Gasteiger partial charge in [0.1, 0.15) is 5.82 Å². The molecule has 0 aromatic heterocycles. The summed E-state index contributed by atoms with van der Waals surface area (Å²) in [6, 6.07) is 17.4. The molecule has 1 N–H and O–H groups in total. The third-order valence-corrected chi connectivity index (χ3v) is 3.98. The highest BCUT2D eigenvalue weighted by Crippen LogP contribution is 2.33. The smallest absolute Gasteiger partial charge is 0.335 e. The first-order valence-electron chi connectivity index (χ1n) is 7.08. The largest absolute Gasteiger partial charge is 0.478 e. The van der Waals surface area contributed by atoms with Gasteiger partial charge >= 0.3 is 5.97 Å². The molecule has 2 nitrogen and oxygen atoms in total. The fourth-order valence-corrected chi connectivity index (χ4v) is 2.90. The number of hydrogen-bond donors (Lipinski definition) is 1. The van der Waals surface area contributed by atoms with Crippen molar-refractivity contribution in [2.75, 3.05) is 0 Å². The van der Waals surface area contributed by atoms with E-state index in [0.717, 1.165) is 16.3 Å². The maximum Gasteiger partial charge on any atom is 0.335 e. The van der Waals surface area contributed by atoms with Gasteiger partial charge in [-0.15, -0.1) is 0 Å². The average molecular weight is 294 g/mol. The Hall–Kier alpha value is -2.68. The van der Waals surface area contributed by atoms with E-state index in [1.165, 1.54) is 12.1 Å². The van der Waals surface area contributed by atoms with Crippen LogP contribution in [0.15, 0.2) is 60.7 Å². The molecule has 0 radical (unpaired) electrons. The van der Waals surface area contributed by atoms with Crippen molar-refractivity contribution in [1.29, 1.82) is 0 Å². The Bertz CT molecular complexity index is 855. The molecule has 0 aliphatic rings. The molecule has 1 atom stereocenters. The lowest BCUT2D eigenvalue weighted by molar-refractivity contribution is 0.0695. The molecule has 0 saturated heterocycles. The number of carboxylic acids is 1. The van der Waals surface area contributed by atoms with E-state index < -0.39 is 5.97 Å². The van der Waals surface area contributed by atoms with Crippen LogP contribution in [0.2, 0.25) is 0 Å². The van der Waals surface area contributed by atoms with Crippen molar-refractivity contribution in [2.45, 2.75) is 12.8 Å². The average Bonchev–Trinajstić information content (AvgIpc) is 2.53. The SMILES string of the molecule is C[C@H](c1ccccc1C(=O)O)c1cc(F)cc2ccccc12. The summed E-state index contributed by atoms with van der Waals surface area (Å²) in [7, 11) is 0. The number of carbonyl (C=O) groups is 1. The van der Waals surface area contributed by atoms with Crippen LogP contribution in [0.1, 0.15) is 34.3 Å². The van der Waals surface area contributed by atoms with Gasteiger partial charge in [-0.05, 0) is 40.1 Å². The van der Waals surface area contributed by atoms with Gasteiger partial charge in [0.05, 0.1) is 5.56 Å². The van der Waals surface area contributed by atoms with Gasteiger partial charge in [-0.3, -0.25) is 0 Å². The summed E-state index contributed by atoms with van der Waals surface area (Å²) in [6.07, 6.45) is 0. The zero-order chi connectivity index (χ0) is 15.7. The number of rotatable bonds is 3. The molecule has 0 spiro atoms. The van der Waals surface area contributed by atoms with Crippen LogP contribution in [-0.2, 0) is 0 Å². The molecule has 0 heterocycles. The van der Waals surface area contributed by atoms with Gasteiger partial charge < -0.3 is 5.11 Å². The van der Waals surface area contributed by atoms with Gasteiger partial charge in [0, 0.05) is 5.92 Å². The van der Waals surface area contributed by atoms with Crippen LogP contribution < -0.4 is 0 Å². The van der Waals surface area contributed by atoms with Gasteiger partial charge in [0.2, 0.25) is 0 Å². The molecule has 110 valence electrons. The van der Waals surface area contributed by atoms with Crippen LogP contribution in [-0.4, -0.2) is 11.1 Å². The highest BCUT2D eigenvalue weighted by Gasteiger charge is 2.18. The minimum absolute atomic E-state index is 0.215. The topological polar surface area (TPSA) is 37.3 Å². The number of hydrogen-bond acceptors (Lipinski definition) is 1. The van der Waals surface area contributed by atoms with Gasteiger partial charge in [0.15, 0.2) is 0 Å². The molecule has 3 rings (SSSR count). The number of carboxylic acid groups (broad SMARTS) is 1. The Morgan fingerprint density at radius 3 is 2.45 bits per heavy atom. The van der Waals surface area contributed by atoms with E-state index in [0.29, 0.717) is 5.56 Å². The summed E-state index contributed by atoms with van der Waals surface area (Å²) < 4.78 is 13.9. The van der Waals surface area contributed by atoms with Crippen LogP contribution in [0.25, 0.3) is 10.8 Å². The molecular weight excluding hydrogens is 279 g/mol. The molecule has 0 amide bonds. The Morgan fingerprint density at radius 1 is 1.00 bits per heavy atom. The zero-order valence-corrected chi connectivity index (χ0v) is 12.1. The predicted octanol–water partition coefficient (Wildman–Crippen LogP) is 4.83. The molecule has 3 heteroatoms. The van der Waals surface area contributed by atoms with Crippen LogP contribution in [0.4, 0.5) is 4.39 Å². The molecule has 0 bridgehead atoms. The summed E-state index contributed by atoms with van der Waals surface area (Å²) in [4.78, 5) is 11.4. The minimum Gasteiger partial charge on any atom is -0.478 e. The van der Waals surface area contributed by atoms with Crippen LogP contribution in [0, 0.1) is 5.82 Å². The third kappa shape index (κ3) is 2.46. The number of halogens is 1. The van der Waals surface area contributed by atoms with Crippen LogP contribution >= 0.6 is 0 Å². The lowest BCUT2D eigenvalue weighted by atomic mass is 9.87. The van der Waals surface area contributed by atoms with Gasteiger partial charge in [-0.25, -0.2) is 9.18 Å². The summed E-state index contributed by atoms with van der Waals surface area (Å²) in [5, 5.41) is 11.1. The zero-order valence-electron chi connectivity index (χ0n) is 12.1. The van der Waals surface area contributed by atoms with E-state index in [-0.39, 0.29) is 17.3 Å². The van der Waals surface area contributed by atoms with E-state index in [2.05, 4.69) is 0 Å². The van der Waals surface area contributed by atoms with E-state index in [9.17, 15) is 14.3 Å². The molecule has 3 aromatic rings. The minimum atomic E-state index is -0.969. The molecule has 3 aromatic carbocycles. The van der Waals surface area contributed by atoms with Gasteiger partial charge in [0.25, 0.3) is 0 Å². The first-order valence-corrected chi connectivity index (χ1v) is 7.08. The van der Waals surface area contributed by atoms with E-state index >= 15 is 0 Å². The van der Waals surface area contributed by atoms with E-state index in [1.807, 2.05) is 31.2 Å². The summed E-state index contributed by atoms with van der Waals surface area (Å²) >= 11 is 0. The van der Waals surface area contributed by atoms with Crippen molar-refractivity contribution in [3.63, 3.8) is 0 Å². The van der Waals surface area contributed by atoms with E-state index in [4.69, 9.17) is 0 Å². The Labute approximate surface area is 127 Å². The van der Waals surface area contributed by atoms with Crippen molar-refractivity contribution in [1.82, 2.24) is 0 Å². The first kappa shape index (κ1) is 14.3. The molecule has 22 heavy (non-hydrogen) atoms. The number of aromatic carboxylic acids is 1. The van der Waals surface area contributed by atoms with Crippen LogP contribution in [0.5, 0.6) is 0 Å². The standard InChI is InChI=1S/C19H15FO2/c1-12(15-7-4-5-9-17(15)19(21)22)18-11-14(20)10-13-6-2-3-8-16(13)18/h2-12H,1H3,(H,21,22)/t12-/m1/s1. The lowest BCUT2D eigenvalue weighted by Crippen LogP contribution is -2.07. The summed E-state index contributed by atoms with van der Waals surface area (Å²) in [5.74, 6) is -1.50. The van der Waals surface area contributed by atoms with Crippen molar-refractivity contribution < 1.29 is 14.3 Å². The second kappa shape index (κ2) is 5.60. The van der Waals surface area contributed by atoms with Crippen LogP contribution in [0.3, 0.4) is 0 Å². The lowest BCUT2D eigenvalue weighted by Gasteiger charge is -2.17. The summed E-state index contributed by atoms with van der Waals surface area (Å²) in [6.45, 7) is 1.91. The van der Waals surface area contributed by atoms with E-state index in [1.54, 1.807) is 24.3 Å². The van der Waals surface area contributed by atoms with Crippen molar-refractivity contribution >= 4 is 16.7 Å². The highest BCUT2D eigenvalue weighted by atomic mass is 19.1. The Kier molecular flexibility index (Phi) is 3.63. The molecule has 0 fully saturated rings.